The quantitative estimate of drug-likeness (QED) is 0.447. The molecule has 7 nitrogen and oxygen atoms in total. The number of anilines is 3. The molecule has 1 heterocycles. The van der Waals surface area contributed by atoms with Crippen molar-refractivity contribution in [3.63, 3.8) is 0 Å². The number of carbonyl (C=O) groups is 1. The van der Waals surface area contributed by atoms with E-state index in [1.807, 2.05) is 6.07 Å². The summed E-state index contributed by atoms with van der Waals surface area (Å²) in [4.78, 5) is 13.3. The Bertz CT molecular complexity index is 1320. The number of nitrogens with two attached hydrogens (primary N) is 1. The molecule has 4 rings (SSSR count). The van der Waals surface area contributed by atoms with Crippen LogP contribution in [-0.4, -0.2) is 26.6 Å². The summed E-state index contributed by atoms with van der Waals surface area (Å²) in [6, 6.07) is 16.8. The minimum absolute atomic E-state index is 0.0726. The van der Waals surface area contributed by atoms with Crippen LogP contribution in [0.1, 0.15) is 23.6 Å². The standard InChI is InChI=1S/C24H24ClFN4O3S/c25-20-14-18(9-10-22(20)30-11-4-12-34(30,32)33)29-24(31)23(19-7-1-2-8-21(19)26)28-17-6-3-5-16(13-17)15-27/h1-3,5-10,13-14,23,28H,4,11-12,15,27H2,(H,29,31). The van der Waals surface area contributed by atoms with Gasteiger partial charge in [0.2, 0.25) is 10.0 Å². The molecule has 0 aliphatic carbocycles. The summed E-state index contributed by atoms with van der Waals surface area (Å²) in [6.07, 6.45) is 0.526. The number of nitrogens with one attached hydrogen (secondary N) is 2. The molecule has 4 N–H and O–H groups in total. The average Bonchev–Trinajstić information content (AvgIpc) is 3.17. The van der Waals surface area contributed by atoms with Crippen molar-refractivity contribution in [2.45, 2.75) is 19.0 Å². The predicted molar refractivity (Wildman–Crippen MR) is 133 cm³/mol. The predicted octanol–water partition coefficient (Wildman–Crippen LogP) is 4.27. The van der Waals surface area contributed by atoms with E-state index in [0.717, 1.165) is 5.56 Å². The van der Waals surface area contributed by atoms with Gasteiger partial charge < -0.3 is 16.4 Å². The van der Waals surface area contributed by atoms with Gasteiger partial charge in [-0.05, 0) is 48.4 Å². The van der Waals surface area contributed by atoms with Crippen molar-refractivity contribution in [2.24, 2.45) is 5.73 Å². The fourth-order valence-electron chi connectivity index (χ4n) is 3.86. The Morgan fingerprint density at radius 1 is 1.09 bits per heavy atom. The van der Waals surface area contributed by atoms with Crippen molar-refractivity contribution >= 4 is 44.6 Å². The van der Waals surface area contributed by atoms with Crippen molar-refractivity contribution in [1.82, 2.24) is 0 Å². The number of halogens is 2. The van der Waals surface area contributed by atoms with E-state index in [1.54, 1.807) is 42.5 Å². The summed E-state index contributed by atoms with van der Waals surface area (Å²) in [6.45, 7) is 0.679. The number of benzene rings is 3. The van der Waals surface area contributed by atoms with Crippen LogP contribution in [0.2, 0.25) is 5.02 Å². The Labute approximate surface area is 202 Å². The summed E-state index contributed by atoms with van der Waals surface area (Å²) in [7, 11) is -3.39. The van der Waals surface area contributed by atoms with E-state index >= 15 is 0 Å². The van der Waals surface area contributed by atoms with Crippen LogP contribution in [-0.2, 0) is 21.4 Å². The van der Waals surface area contributed by atoms with Gasteiger partial charge in [0.25, 0.3) is 5.91 Å². The van der Waals surface area contributed by atoms with E-state index < -0.39 is 27.8 Å². The van der Waals surface area contributed by atoms with Crippen LogP contribution in [0.25, 0.3) is 0 Å². The smallest absolute Gasteiger partial charge is 0.251 e. The first kappa shape index (κ1) is 24.0. The highest BCUT2D eigenvalue weighted by molar-refractivity contribution is 7.93. The fraction of sp³-hybridized carbons (Fsp3) is 0.208. The molecule has 10 heteroatoms. The Morgan fingerprint density at radius 2 is 1.88 bits per heavy atom. The maximum absolute atomic E-state index is 14.6. The third-order valence-electron chi connectivity index (χ3n) is 5.54. The molecule has 1 atom stereocenters. The lowest BCUT2D eigenvalue weighted by atomic mass is 10.0. The zero-order valence-electron chi connectivity index (χ0n) is 18.2. The van der Waals surface area contributed by atoms with Crippen LogP contribution in [0.5, 0.6) is 0 Å². The Balaban J connectivity index is 1.60. The van der Waals surface area contributed by atoms with Crippen LogP contribution < -0.4 is 20.7 Å². The maximum Gasteiger partial charge on any atom is 0.251 e. The van der Waals surface area contributed by atoms with E-state index in [-0.39, 0.29) is 16.3 Å². The summed E-state index contributed by atoms with van der Waals surface area (Å²) in [5.41, 5.74) is 8.07. The number of sulfonamides is 1. The highest BCUT2D eigenvalue weighted by atomic mass is 35.5. The number of hydrogen-bond acceptors (Lipinski definition) is 5. The summed E-state index contributed by atoms with van der Waals surface area (Å²) < 4.78 is 40.3. The second-order valence-corrected chi connectivity index (χ2v) is 10.3. The van der Waals surface area contributed by atoms with Crippen molar-refractivity contribution in [2.75, 3.05) is 27.2 Å². The lowest BCUT2D eigenvalue weighted by Gasteiger charge is -2.22. The van der Waals surface area contributed by atoms with E-state index in [9.17, 15) is 17.6 Å². The van der Waals surface area contributed by atoms with E-state index in [1.165, 1.54) is 22.5 Å². The van der Waals surface area contributed by atoms with Gasteiger partial charge in [0.15, 0.2) is 0 Å². The van der Waals surface area contributed by atoms with Gasteiger partial charge in [-0.1, -0.05) is 41.9 Å². The molecule has 34 heavy (non-hydrogen) atoms. The zero-order valence-corrected chi connectivity index (χ0v) is 19.7. The normalized spacial score (nSPS) is 15.7. The number of carbonyl (C=O) groups excluding carboxylic acids is 1. The van der Waals surface area contributed by atoms with Crippen molar-refractivity contribution in [1.29, 1.82) is 0 Å². The van der Waals surface area contributed by atoms with Crippen molar-refractivity contribution in [3.05, 3.63) is 88.7 Å². The molecule has 1 aliphatic heterocycles. The molecular weight excluding hydrogens is 479 g/mol. The van der Waals surface area contributed by atoms with Gasteiger partial charge in [0.05, 0.1) is 16.5 Å². The average molecular weight is 503 g/mol. The number of amides is 1. The Hall–Kier alpha value is -3.14. The molecule has 1 amide bonds. The molecule has 3 aromatic carbocycles. The van der Waals surface area contributed by atoms with Gasteiger partial charge in [0.1, 0.15) is 11.9 Å². The molecule has 3 aromatic rings. The van der Waals surface area contributed by atoms with Gasteiger partial charge in [-0.25, -0.2) is 12.8 Å². The molecule has 1 unspecified atom stereocenters. The highest BCUT2D eigenvalue weighted by Crippen LogP contribution is 2.34. The highest BCUT2D eigenvalue weighted by Gasteiger charge is 2.30. The molecule has 1 saturated heterocycles. The summed E-state index contributed by atoms with van der Waals surface area (Å²) in [5.74, 6) is -0.970. The second kappa shape index (κ2) is 10.0. The lowest BCUT2D eigenvalue weighted by molar-refractivity contribution is -0.117. The summed E-state index contributed by atoms with van der Waals surface area (Å²) in [5, 5.41) is 6.02. The molecule has 0 aromatic heterocycles. The van der Waals surface area contributed by atoms with Crippen LogP contribution >= 0.6 is 11.6 Å². The van der Waals surface area contributed by atoms with Gasteiger partial charge in [-0.15, -0.1) is 0 Å². The SMILES string of the molecule is NCc1cccc(NC(C(=O)Nc2ccc(N3CCCS3(=O)=O)c(Cl)c2)c2ccccc2F)c1. The molecule has 0 bridgehead atoms. The minimum Gasteiger partial charge on any atom is -0.370 e. The van der Waals surface area contributed by atoms with E-state index in [2.05, 4.69) is 10.6 Å². The van der Waals surface area contributed by atoms with E-state index in [4.69, 9.17) is 17.3 Å². The number of nitrogens with zero attached hydrogens (tertiary/aromatic N) is 1. The van der Waals surface area contributed by atoms with Crippen molar-refractivity contribution in [3.8, 4) is 0 Å². The van der Waals surface area contributed by atoms with Gasteiger partial charge in [-0.2, -0.15) is 0 Å². The lowest BCUT2D eigenvalue weighted by Crippen LogP contribution is -2.28. The number of rotatable bonds is 7. The largest absolute Gasteiger partial charge is 0.370 e. The van der Waals surface area contributed by atoms with Crippen LogP contribution in [0.3, 0.4) is 0 Å². The van der Waals surface area contributed by atoms with Gasteiger partial charge >= 0.3 is 0 Å². The fourth-order valence-corrected chi connectivity index (χ4v) is 5.77. The molecule has 0 radical (unpaired) electrons. The van der Waals surface area contributed by atoms with Crippen LogP contribution in [0.15, 0.2) is 66.7 Å². The first-order chi connectivity index (χ1) is 16.3. The first-order valence-corrected chi connectivity index (χ1v) is 12.7. The zero-order chi connectivity index (χ0) is 24.3. The molecule has 1 aliphatic rings. The van der Waals surface area contributed by atoms with Crippen molar-refractivity contribution < 1.29 is 17.6 Å². The number of hydrogen-bond donors (Lipinski definition) is 3. The molecular formula is C24H24ClFN4O3S. The topological polar surface area (TPSA) is 105 Å². The molecule has 0 saturated carbocycles. The second-order valence-electron chi connectivity index (χ2n) is 7.90. The Kier molecular flexibility index (Phi) is 7.06. The third kappa shape index (κ3) is 5.16. The maximum atomic E-state index is 14.6. The van der Waals surface area contributed by atoms with Gasteiger partial charge in [0, 0.05) is 30.0 Å². The Morgan fingerprint density at radius 3 is 2.56 bits per heavy atom. The summed E-state index contributed by atoms with van der Waals surface area (Å²) >= 11 is 6.36. The first-order valence-electron chi connectivity index (χ1n) is 10.7. The van der Waals surface area contributed by atoms with Crippen LogP contribution in [0.4, 0.5) is 21.5 Å². The molecule has 0 spiro atoms. The molecule has 1 fully saturated rings. The van der Waals surface area contributed by atoms with E-state index in [0.29, 0.717) is 36.6 Å². The van der Waals surface area contributed by atoms with Gasteiger partial charge in [-0.3, -0.25) is 9.10 Å². The monoisotopic (exact) mass is 502 g/mol. The third-order valence-corrected chi connectivity index (χ3v) is 7.69. The molecule has 178 valence electrons. The minimum atomic E-state index is -3.39. The van der Waals surface area contributed by atoms with Crippen LogP contribution in [0, 0.1) is 5.82 Å².